The average molecular weight is 400 g/mol. The zero-order chi connectivity index (χ0) is 20.1. The second kappa shape index (κ2) is 8.26. The van der Waals surface area contributed by atoms with Gasteiger partial charge in [-0.05, 0) is 55.0 Å². The third kappa shape index (κ3) is 4.40. The first-order valence-corrected chi connectivity index (χ1v) is 10.3. The molecule has 0 bridgehead atoms. The van der Waals surface area contributed by atoms with Gasteiger partial charge in [0.05, 0.1) is 17.8 Å². The highest BCUT2D eigenvalue weighted by atomic mass is 32.2. The number of ether oxygens (including phenoxy) is 1. The monoisotopic (exact) mass is 400 g/mol. The number of benzene rings is 2. The number of amides is 1. The van der Waals surface area contributed by atoms with E-state index < -0.39 is 15.7 Å². The van der Waals surface area contributed by atoms with Crippen LogP contribution in [-0.4, -0.2) is 32.3 Å². The van der Waals surface area contributed by atoms with Crippen LogP contribution in [-0.2, 0) is 9.84 Å². The van der Waals surface area contributed by atoms with E-state index in [0.29, 0.717) is 29.2 Å². The van der Waals surface area contributed by atoms with Gasteiger partial charge in [0.2, 0.25) is 0 Å². The Labute approximate surface area is 163 Å². The van der Waals surface area contributed by atoms with Crippen LogP contribution in [0.15, 0.2) is 64.0 Å². The maximum Gasteiger partial charge on any atom is 0.277 e. The fraction of sp³-hybridized carbons (Fsp3) is 0.200. The maximum atomic E-state index is 12.3. The highest BCUT2D eigenvalue weighted by molar-refractivity contribution is 7.91. The molecule has 1 amide bonds. The summed E-state index contributed by atoms with van der Waals surface area (Å²) in [5.74, 6) is 0.748. The number of sulfone groups is 1. The van der Waals surface area contributed by atoms with E-state index in [-0.39, 0.29) is 16.3 Å². The summed E-state index contributed by atoms with van der Waals surface area (Å²) in [6.45, 7) is 1.82. The predicted molar refractivity (Wildman–Crippen MR) is 105 cm³/mol. The minimum absolute atomic E-state index is 0.102. The predicted octanol–water partition coefficient (Wildman–Crippen LogP) is 3.79. The lowest BCUT2D eigenvalue weighted by Gasteiger charge is -2.04. The minimum Gasteiger partial charge on any atom is -0.497 e. The maximum absolute atomic E-state index is 12.3. The molecule has 0 atom stereocenters. The van der Waals surface area contributed by atoms with Crippen LogP contribution in [0.5, 0.6) is 5.75 Å². The summed E-state index contributed by atoms with van der Waals surface area (Å²) < 4.78 is 34.5. The lowest BCUT2D eigenvalue weighted by atomic mass is 10.1. The fourth-order valence-electron chi connectivity index (χ4n) is 2.60. The number of rotatable bonds is 7. The molecule has 0 aliphatic heterocycles. The first-order chi connectivity index (χ1) is 13.4. The van der Waals surface area contributed by atoms with Crippen molar-refractivity contribution in [2.75, 3.05) is 18.2 Å². The van der Waals surface area contributed by atoms with E-state index in [2.05, 4.69) is 10.5 Å². The Bertz CT molecular complexity index is 1050. The first-order valence-electron chi connectivity index (χ1n) is 8.68. The molecule has 3 rings (SSSR count). The Morgan fingerprint density at radius 3 is 2.39 bits per heavy atom. The van der Waals surface area contributed by atoms with Crippen LogP contribution in [0, 0.1) is 0 Å². The molecule has 146 valence electrons. The third-order valence-electron chi connectivity index (χ3n) is 4.06. The molecular formula is C20H20N2O5S. The summed E-state index contributed by atoms with van der Waals surface area (Å²) in [5, 5.41) is 6.51. The zero-order valence-corrected chi connectivity index (χ0v) is 16.3. The fourth-order valence-corrected chi connectivity index (χ4v) is 3.92. The van der Waals surface area contributed by atoms with Crippen LogP contribution < -0.4 is 10.1 Å². The second-order valence-corrected chi connectivity index (χ2v) is 8.21. The van der Waals surface area contributed by atoms with E-state index in [1.165, 1.54) is 18.2 Å². The summed E-state index contributed by atoms with van der Waals surface area (Å²) in [4.78, 5) is 12.6. The van der Waals surface area contributed by atoms with Gasteiger partial charge in [0.15, 0.2) is 21.3 Å². The van der Waals surface area contributed by atoms with Crippen molar-refractivity contribution in [1.82, 2.24) is 5.16 Å². The Morgan fingerprint density at radius 2 is 1.79 bits per heavy atom. The van der Waals surface area contributed by atoms with Crippen molar-refractivity contribution in [1.29, 1.82) is 0 Å². The van der Waals surface area contributed by atoms with Gasteiger partial charge in [-0.25, -0.2) is 8.42 Å². The molecule has 0 aliphatic rings. The number of nitrogens with one attached hydrogen (secondary N) is 1. The first kappa shape index (κ1) is 19.6. The van der Waals surface area contributed by atoms with Crippen LogP contribution in [0.25, 0.3) is 11.3 Å². The third-order valence-corrected chi connectivity index (χ3v) is 6.00. The van der Waals surface area contributed by atoms with E-state index in [9.17, 15) is 13.2 Å². The van der Waals surface area contributed by atoms with Gasteiger partial charge in [-0.3, -0.25) is 4.79 Å². The Balaban J connectivity index is 1.73. The Kier molecular flexibility index (Phi) is 5.79. The number of methoxy groups -OCH3 is 1. The van der Waals surface area contributed by atoms with Gasteiger partial charge < -0.3 is 14.6 Å². The molecule has 1 N–H and O–H groups in total. The Morgan fingerprint density at radius 1 is 1.11 bits per heavy atom. The number of carbonyl (C=O) groups is 1. The molecule has 28 heavy (non-hydrogen) atoms. The van der Waals surface area contributed by atoms with Gasteiger partial charge >= 0.3 is 0 Å². The number of hydrogen-bond donors (Lipinski definition) is 1. The SMILES string of the molecule is CCCS(=O)(=O)c1ccc(-c2cc(C(=O)Nc3ccc(OC)cc3)no2)cc1. The minimum atomic E-state index is -3.28. The molecule has 2 aromatic carbocycles. The van der Waals surface area contributed by atoms with E-state index in [0.717, 1.165) is 0 Å². The number of aromatic nitrogens is 1. The topological polar surface area (TPSA) is 98.5 Å². The Hall–Kier alpha value is -3.13. The molecule has 0 saturated heterocycles. The molecule has 7 nitrogen and oxygen atoms in total. The van der Waals surface area contributed by atoms with Gasteiger partial charge in [0, 0.05) is 17.3 Å². The summed E-state index contributed by atoms with van der Waals surface area (Å²) >= 11 is 0. The molecule has 1 heterocycles. The average Bonchev–Trinajstić information content (AvgIpc) is 3.19. The molecule has 0 spiro atoms. The molecule has 0 radical (unpaired) electrons. The lowest BCUT2D eigenvalue weighted by molar-refractivity contribution is 0.101. The van der Waals surface area contributed by atoms with Gasteiger partial charge in [-0.1, -0.05) is 12.1 Å². The highest BCUT2D eigenvalue weighted by Gasteiger charge is 2.16. The molecule has 1 aromatic heterocycles. The number of carbonyl (C=O) groups excluding carboxylic acids is 1. The second-order valence-electron chi connectivity index (χ2n) is 6.10. The van der Waals surface area contributed by atoms with Crippen molar-refractivity contribution in [3.05, 3.63) is 60.3 Å². The quantitative estimate of drug-likeness (QED) is 0.648. The smallest absolute Gasteiger partial charge is 0.277 e. The molecule has 3 aromatic rings. The molecule has 0 aliphatic carbocycles. The van der Waals surface area contributed by atoms with Crippen LogP contribution >= 0.6 is 0 Å². The molecule has 0 fully saturated rings. The van der Waals surface area contributed by atoms with Crippen molar-refractivity contribution in [2.24, 2.45) is 0 Å². The number of nitrogens with zero attached hydrogens (tertiary/aromatic N) is 1. The highest BCUT2D eigenvalue weighted by Crippen LogP contribution is 2.23. The van der Waals surface area contributed by atoms with E-state index in [1.54, 1.807) is 43.5 Å². The van der Waals surface area contributed by atoms with E-state index in [1.807, 2.05) is 6.92 Å². The standard InChI is InChI=1S/C20H20N2O5S/c1-3-12-28(24,25)17-10-4-14(5-11-17)19-13-18(22-27-19)20(23)21-15-6-8-16(26-2)9-7-15/h4-11,13H,3,12H2,1-2H3,(H,21,23). The number of anilines is 1. The molecule has 0 saturated carbocycles. The normalized spacial score (nSPS) is 11.2. The summed E-state index contributed by atoms with van der Waals surface area (Å²) in [7, 11) is -1.71. The van der Waals surface area contributed by atoms with E-state index in [4.69, 9.17) is 9.26 Å². The largest absolute Gasteiger partial charge is 0.497 e. The zero-order valence-electron chi connectivity index (χ0n) is 15.5. The molecule has 0 unspecified atom stereocenters. The van der Waals surface area contributed by atoms with Crippen LogP contribution in [0.3, 0.4) is 0 Å². The summed E-state index contributed by atoms with van der Waals surface area (Å²) in [5.41, 5.74) is 1.35. The van der Waals surface area contributed by atoms with Crippen LogP contribution in [0.2, 0.25) is 0 Å². The van der Waals surface area contributed by atoms with Gasteiger partial charge in [-0.2, -0.15) is 0 Å². The van der Waals surface area contributed by atoms with Crippen molar-refractivity contribution < 1.29 is 22.5 Å². The lowest BCUT2D eigenvalue weighted by Crippen LogP contribution is -2.11. The van der Waals surface area contributed by atoms with Crippen molar-refractivity contribution in [2.45, 2.75) is 18.2 Å². The van der Waals surface area contributed by atoms with Crippen LogP contribution in [0.1, 0.15) is 23.8 Å². The van der Waals surface area contributed by atoms with Gasteiger partial charge in [-0.15, -0.1) is 0 Å². The van der Waals surface area contributed by atoms with Crippen molar-refractivity contribution in [3.8, 4) is 17.1 Å². The van der Waals surface area contributed by atoms with Crippen LogP contribution in [0.4, 0.5) is 5.69 Å². The van der Waals surface area contributed by atoms with Crippen molar-refractivity contribution >= 4 is 21.4 Å². The summed E-state index contributed by atoms with van der Waals surface area (Å²) in [6, 6.07) is 14.7. The molecular weight excluding hydrogens is 380 g/mol. The van der Waals surface area contributed by atoms with Gasteiger partial charge in [0.25, 0.3) is 5.91 Å². The summed E-state index contributed by atoms with van der Waals surface area (Å²) in [6.07, 6.45) is 0.554. The van der Waals surface area contributed by atoms with Crippen molar-refractivity contribution in [3.63, 3.8) is 0 Å². The number of hydrogen-bond acceptors (Lipinski definition) is 6. The molecule has 8 heteroatoms. The van der Waals surface area contributed by atoms with Gasteiger partial charge in [0.1, 0.15) is 5.75 Å². The van der Waals surface area contributed by atoms with E-state index >= 15 is 0 Å².